The SMILES string of the molecule is [CH2]c1cccc(Oc2ccc(I)cc2)c1. The molecule has 0 aliphatic rings. The van der Waals surface area contributed by atoms with Gasteiger partial charge in [0.1, 0.15) is 11.5 Å². The second-order valence-corrected chi connectivity index (χ2v) is 4.45. The van der Waals surface area contributed by atoms with Gasteiger partial charge in [-0.05, 0) is 71.5 Å². The Morgan fingerprint density at radius 1 is 0.933 bits per heavy atom. The lowest BCUT2D eigenvalue weighted by Gasteiger charge is -2.05. The maximum absolute atomic E-state index is 5.67. The molecule has 15 heavy (non-hydrogen) atoms. The summed E-state index contributed by atoms with van der Waals surface area (Å²) in [5.74, 6) is 1.67. The standard InChI is InChI=1S/C13H10IO/c1-10-3-2-4-13(9-10)15-12-7-5-11(14)6-8-12/h2-9H,1H2. The molecule has 0 N–H and O–H groups in total. The first-order chi connectivity index (χ1) is 7.24. The summed E-state index contributed by atoms with van der Waals surface area (Å²) in [4.78, 5) is 0. The molecule has 0 heterocycles. The van der Waals surface area contributed by atoms with Crippen molar-refractivity contribution in [1.29, 1.82) is 0 Å². The molecular formula is C13H10IO. The third kappa shape index (κ3) is 2.96. The normalized spacial score (nSPS) is 10.0. The summed E-state index contributed by atoms with van der Waals surface area (Å²) in [5.41, 5.74) is 0.956. The maximum Gasteiger partial charge on any atom is 0.127 e. The average molecular weight is 309 g/mol. The Bertz CT molecular complexity index is 448. The second-order valence-electron chi connectivity index (χ2n) is 3.20. The van der Waals surface area contributed by atoms with Crippen molar-refractivity contribution in [2.24, 2.45) is 0 Å². The van der Waals surface area contributed by atoms with Gasteiger partial charge in [0, 0.05) is 3.57 Å². The summed E-state index contributed by atoms with van der Waals surface area (Å²) in [7, 11) is 0. The first-order valence-corrected chi connectivity index (χ1v) is 5.67. The quantitative estimate of drug-likeness (QED) is 0.753. The highest BCUT2D eigenvalue weighted by molar-refractivity contribution is 14.1. The van der Waals surface area contributed by atoms with E-state index < -0.39 is 0 Å². The van der Waals surface area contributed by atoms with Crippen molar-refractivity contribution in [2.45, 2.75) is 0 Å². The van der Waals surface area contributed by atoms with Crippen LogP contribution in [0.15, 0.2) is 48.5 Å². The van der Waals surface area contributed by atoms with Crippen LogP contribution in [0.5, 0.6) is 11.5 Å². The number of benzene rings is 2. The lowest BCUT2D eigenvalue weighted by Crippen LogP contribution is -1.84. The van der Waals surface area contributed by atoms with Crippen LogP contribution >= 0.6 is 22.6 Å². The summed E-state index contributed by atoms with van der Waals surface area (Å²) in [6.07, 6.45) is 0. The fourth-order valence-electron chi connectivity index (χ4n) is 1.25. The molecule has 2 rings (SSSR count). The van der Waals surface area contributed by atoms with Gasteiger partial charge >= 0.3 is 0 Å². The molecule has 0 aromatic heterocycles. The zero-order valence-corrected chi connectivity index (χ0v) is 10.3. The zero-order valence-electron chi connectivity index (χ0n) is 8.11. The Morgan fingerprint density at radius 3 is 2.33 bits per heavy atom. The first-order valence-electron chi connectivity index (χ1n) is 4.59. The van der Waals surface area contributed by atoms with Crippen LogP contribution in [-0.4, -0.2) is 0 Å². The van der Waals surface area contributed by atoms with Gasteiger partial charge in [0.25, 0.3) is 0 Å². The van der Waals surface area contributed by atoms with E-state index in [9.17, 15) is 0 Å². The molecule has 2 aromatic carbocycles. The molecule has 1 radical (unpaired) electrons. The van der Waals surface area contributed by atoms with Gasteiger partial charge in [0.2, 0.25) is 0 Å². The summed E-state index contributed by atoms with van der Waals surface area (Å²) in [6.45, 7) is 3.86. The van der Waals surface area contributed by atoms with E-state index in [1.807, 2.05) is 48.5 Å². The van der Waals surface area contributed by atoms with Gasteiger partial charge in [0.15, 0.2) is 0 Å². The number of hydrogen-bond donors (Lipinski definition) is 0. The van der Waals surface area contributed by atoms with E-state index in [4.69, 9.17) is 4.74 Å². The van der Waals surface area contributed by atoms with E-state index >= 15 is 0 Å². The van der Waals surface area contributed by atoms with Crippen molar-refractivity contribution in [1.82, 2.24) is 0 Å². The minimum atomic E-state index is 0.823. The second kappa shape index (κ2) is 4.66. The molecular weight excluding hydrogens is 299 g/mol. The van der Waals surface area contributed by atoms with Gasteiger partial charge in [-0.25, -0.2) is 0 Å². The minimum absolute atomic E-state index is 0.823. The molecule has 0 aliphatic carbocycles. The van der Waals surface area contributed by atoms with Gasteiger partial charge in [-0.3, -0.25) is 0 Å². The Hall–Kier alpha value is -1.03. The highest BCUT2D eigenvalue weighted by atomic mass is 127. The largest absolute Gasteiger partial charge is 0.457 e. The molecule has 1 nitrogen and oxygen atoms in total. The molecule has 0 unspecified atom stereocenters. The Morgan fingerprint density at radius 2 is 1.67 bits per heavy atom. The number of ether oxygens (including phenoxy) is 1. The van der Waals surface area contributed by atoms with Crippen molar-refractivity contribution in [3.8, 4) is 11.5 Å². The lowest BCUT2D eigenvalue weighted by atomic mass is 10.2. The zero-order chi connectivity index (χ0) is 10.7. The van der Waals surface area contributed by atoms with Gasteiger partial charge in [-0.2, -0.15) is 0 Å². The van der Waals surface area contributed by atoms with E-state index in [2.05, 4.69) is 29.5 Å². The molecule has 0 aliphatic heterocycles. The molecule has 0 saturated carbocycles. The summed E-state index contributed by atoms with van der Waals surface area (Å²) in [5, 5.41) is 0. The third-order valence-corrected chi connectivity index (χ3v) is 2.67. The molecule has 75 valence electrons. The highest BCUT2D eigenvalue weighted by Gasteiger charge is 1.96. The molecule has 0 atom stereocenters. The van der Waals surface area contributed by atoms with E-state index in [1.165, 1.54) is 3.57 Å². The van der Waals surface area contributed by atoms with Crippen LogP contribution in [0.4, 0.5) is 0 Å². The van der Waals surface area contributed by atoms with Crippen molar-refractivity contribution in [2.75, 3.05) is 0 Å². The molecule has 0 fully saturated rings. The van der Waals surface area contributed by atoms with Crippen LogP contribution in [0.2, 0.25) is 0 Å². The fraction of sp³-hybridized carbons (Fsp3) is 0. The van der Waals surface area contributed by atoms with Crippen LogP contribution in [0.3, 0.4) is 0 Å². The number of hydrogen-bond acceptors (Lipinski definition) is 1. The van der Waals surface area contributed by atoms with Crippen molar-refractivity contribution in [3.63, 3.8) is 0 Å². The van der Waals surface area contributed by atoms with Gasteiger partial charge < -0.3 is 4.74 Å². The number of rotatable bonds is 2. The average Bonchev–Trinajstić information content (AvgIpc) is 2.22. The fourth-order valence-corrected chi connectivity index (χ4v) is 1.61. The molecule has 0 amide bonds. The van der Waals surface area contributed by atoms with Crippen molar-refractivity contribution >= 4 is 22.6 Å². The van der Waals surface area contributed by atoms with Crippen LogP contribution in [0.1, 0.15) is 5.56 Å². The summed E-state index contributed by atoms with van der Waals surface area (Å²) < 4.78 is 6.87. The molecule has 0 bridgehead atoms. The Labute approximate surface area is 103 Å². The van der Waals surface area contributed by atoms with Crippen molar-refractivity contribution < 1.29 is 4.74 Å². The monoisotopic (exact) mass is 309 g/mol. The predicted molar refractivity (Wildman–Crippen MR) is 70.1 cm³/mol. The van der Waals surface area contributed by atoms with E-state index in [1.54, 1.807) is 0 Å². The summed E-state index contributed by atoms with van der Waals surface area (Å²) >= 11 is 2.27. The molecule has 2 aromatic rings. The number of halogens is 1. The Balaban J connectivity index is 2.18. The minimum Gasteiger partial charge on any atom is -0.457 e. The first kappa shape index (κ1) is 10.5. The summed E-state index contributed by atoms with van der Waals surface area (Å²) in [6, 6.07) is 15.7. The Kier molecular flexibility index (Phi) is 3.26. The van der Waals surface area contributed by atoms with Crippen LogP contribution in [-0.2, 0) is 0 Å². The highest BCUT2D eigenvalue weighted by Crippen LogP contribution is 2.22. The maximum atomic E-state index is 5.67. The third-order valence-electron chi connectivity index (χ3n) is 1.95. The van der Waals surface area contributed by atoms with E-state index in [0.717, 1.165) is 17.1 Å². The van der Waals surface area contributed by atoms with Crippen molar-refractivity contribution in [3.05, 3.63) is 64.6 Å². The van der Waals surface area contributed by atoms with Crippen LogP contribution < -0.4 is 4.74 Å². The van der Waals surface area contributed by atoms with Gasteiger partial charge in [-0.1, -0.05) is 12.1 Å². The van der Waals surface area contributed by atoms with Crippen LogP contribution in [0.25, 0.3) is 0 Å². The molecule has 2 heteroatoms. The molecule has 0 saturated heterocycles. The van der Waals surface area contributed by atoms with Gasteiger partial charge in [0.05, 0.1) is 0 Å². The topological polar surface area (TPSA) is 9.23 Å². The predicted octanol–water partition coefficient (Wildman–Crippen LogP) is 4.27. The molecule has 0 spiro atoms. The van der Waals surface area contributed by atoms with Gasteiger partial charge in [-0.15, -0.1) is 0 Å². The lowest BCUT2D eigenvalue weighted by molar-refractivity contribution is 0.482. The van der Waals surface area contributed by atoms with E-state index in [-0.39, 0.29) is 0 Å². The smallest absolute Gasteiger partial charge is 0.127 e. The van der Waals surface area contributed by atoms with E-state index in [0.29, 0.717) is 0 Å². The van der Waals surface area contributed by atoms with Crippen LogP contribution in [0, 0.1) is 10.5 Å².